The van der Waals surface area contributed by atoms with Crippen LogP contribution < -0.4 is 5.32 Å². The number of carbonyl (C=O) groups is 1. The van der Waals surface area contributed by atoms with Crippen molar-refractivity contribution in [3.63, 3.8) is 0 Å². The number of nitrogens with zero attached hydrogens (tertiary/aromatic N) is 1. The van der Waals surface area contributed by atoms with Gasteiger partial charge in [-0.3, -0.25) is 9.69 Å². The highest BCUT2D eigenvalue weighted by Gasteiger charge is 2.47. The zero-order valence-electron chi connectivity index (χ0n) is 8.79. The molecule has 0 radical (unpaired) electrons. The van der Waals surface area contributed by atoms with Crippen molar-refractivity contribution in [3.8, 4) is 0 Å². The molecule has 1 N–H and O–H groups in total. The molecule has 2 aliphatic heterocycles. The number of amides is 1. The number of hydrogen-bond donors (Lipinski definition) is 1. The molecular weight excluding hydrogens is 303 g/mol. The monoisotopic (exact) mass is 320 g/mol. The first-order chi connectivity index (χ1) is 7.27. The molecule has 0 aromatic rings. The van der Waals surface area contributed by atoms with Crippen molar-refractivity contribution in [2.45, 2.75) is 54.2 Å². The van der Waals surface area contributed by atoms with Gasteiger partial charge in [-0.05, 0) is 32.2 Å². The van der Waals surface area contributed by atoms with Crippen LogP contribution in [0.15, 0.2) is 0 Å². The molecule has 3 rings (SSSR count). The molecule has 1 saturated carbocycles. The Morgan fingerprint density at radius 3 is 3.00 bits per heavy atom. The van der Waals surface area contributed by atoms with Crippen LogP contribution in [0.4, 0.5) is 0 Å². The SMILES string of the molecule is O=C1N[C@H]2[C@H](I)CCC[C@H]2N2CCC[C@@H]12. The molecule has 84 valence electrons. The molecule has 0 bridgehead atoms. The molecule has 3 aliphatic rings. The summed E-state index contributed by atoms with van der Waals surface area (Å²) < 4.78 is 0.631. The van der Waals surface area contributed by atoms with Gasteiger partial charge in [0.05, 0.1) is 12.1 Å². The average Bonchev–Trinajstić information content (AvgIpc) is 2.69. The largest absolute Gasteiger partial charge is 0.349 e. The van der Waals surface area contributed by atoms with Crippen LogP contribution in [0.1, 0.15) is 32.1 Å². The molecule has 3 nitrogen and oxygen atoms in total. The normalized spacial score (nSPS) is 45.8. The van der Waals surface area contributed by atoms with Crippen LogP contribution in [0.3, 0.4) is 0 Å². The number of rotatable bonds is 0. The minimum Gasteiger partial charge on any atom is -0.349 e. The summed E-state index contributed by atoms with van der Waals surface area (Å²) in [5.74, 6) is 0.289. The van der Waals surface area contributed by atoms with Gasteiger partial charge in [0.15, 0.2) is 0 Å². The van der Waals surface area contributed by atoms with Gasteiger partial charge in [-0.1, -0.05) is 29.0 Å². The van der Waals surface area contributed by atoms with Gasteiger partial charge in [-0.2, -0.15) is 0 Å². The lowest BCUT2D eigenvalue weighted by Crippen LogP contribution is -2.66. The Hall–Kier alpha value is 0.160. The van der Waals surface area contributed by atoms with Crippen molar-refractivity contribution in [3.05, 3.63) is 0 Å². The highest BCUT2D eigenvalue weighted by Crippen LogP contribution is 2.35. The third-order valence-electron chi connectivity index (χ3n) is 4.12. The van der Waals surface area contributed by atoms with Crippen LogP contribution in [0.25, 0.3) is 0 Å². The van der Waals surface area contributed by atoms with Crippen molar-refractivity contribution in [1.82, 2.24) is 10.2 Å². The van der Waals surface area contributed by atoms with E-state index >= 15 is 0 Å². The lowest BCUT2D eigenvalue weighted by molar-refractivity contribution is -0.132. The van der Waals surface area contributed by atoms with Gasteiger partial charge in [-0.15, -0.1) is 0 Å². The lowest BCUT2D eigenvalue weighted by atomic mass is 9.86. The minimum absolute atomic E-state index is 0.202. The third kappa shape index (κ3) is 1.60. The van der Waals surface area contributed by atoms with E-state index < -0.39 is 0 Å². The molecule has 0 unspecified atom stereocenters. The van der Waals surface area contributed by atoms with Gasteiger partial charge in [0.2, 0.25) is 5.91 Å². The number of fused-ring (bicyclic) bond motifs is 3. The summed E-state index contributed by atoms with van der Waals surface area (Å²) in [7, 11) is 0. The summed E-state index contributed by atoms with van der Waals surface area (Å²) in [6.07, 6.45) is 6.14. The third-order valence-corrected chi connectivity index (χ3v) is 5.51. The highest BCUT2D eigenvalue weighted by molar-refractivity contribution is 14.1. The Morgan fingerprint density at radius 1 is 1.27 bits per heavy atom. The number of alkyl halides is 1. The second kappa shape index (κ2) is 3.87. The number of nitrogens with one attached hydrogen (secondary N) is 1. The summed E-state index contributed by atoms with van der Waals surface area (Å²) in [5, 5.41) is 3.25. The van der Waals surface area contributed by atoms with Crippen molar-refractivity contribution in [1.29, 1.82) is 0 Å². The molecular formula is C11H17IN2O. The zero-order chi connectivity index (χ0) is 10.4. The standard InChI is InChI=1S/C11H17IN2O/c12-7-3-1-4-8-10(7)13-11(15)9-5-2-6-14(8)9/h7-10H,1-6H2,(H,13,15)/t7-,8-,9+,10+/m1/s1. The van der Waals surface area contributed by atoms with Crippen LogP contribution in [0.5, 0.6) is 0 Å². The Bertz CT molecular complexity index is 282. The topological polar surface area (TPSA) is 32.3 Å². The van der Waals surface area contributed by atoms with Gasteiger partial charge < -0.3 is 5.32 Å². The van der Waals surface area contributed by atoms with Crippen molar-refractivity contribution in [2.75, 3.05) is 6.54 Å². The van der Waals surface area contributed by atoms with E-state index in [2.05, 4.69) is 32.8 Å². The maximum atomic E-state index is 11.9. The van der Waals surface area contributed by atoms with Crippen molar-refractivity contribution >= 4 is 28.5 Å². The van der Waals surface area contributed by atoms with Crippen LogP contribution >= 0.6 is 22.6 Å². The van der Waals surface area contributed by atoms with Crippen LogP contribution in [0.2, 0.25) is 0 Å². The fourth-order valence-electron chi connectivity index (χ4n) is 3.41. The summed E-state index contributed by atoms with van der Waals surface area (Å²) in [6, 6.07) is 1.25. The summed E-state index contributed by atoms with van der Waals surface area (Å²) >= 11 is 2.51. The smallest absolute Gasteiger partial charge is 0.237 e. The van der Waals surface area contributed by atoms with Crippen LogP contribution in [-0.4, -0.2) is 39.4 Å². The van der Waals surface area contributed by atoms with Crippen LogP contribution in [-0.2, 0) is 4.79 Å². The summed E-state index contributed by atoms with van der Waals surface area (Å²) in [6.45, 7) is 1.14. The number of carbonyl (C=O) groups excluding carboxylic acids is 1. The van der Waals surface area contributed by atoms with E-state index in [4.69, 9.17) is 0 Å². The van der Waals surface area contributed by atoms with E-state index in [1.807, 2.05) is 0 Å². The predicted octanol–water partition coefficient (Wildman–Crippen LogP) is 1.31. The number of piperazine rings is 1. The Balaban J connectivity index is 1.86. The molecule has 4 atom stereocenters. The molecule has 2 heterocycles. The fraction of sp³-hybridized carbons (Fsp3) is 0.909. The molecule has 15 heavy (non-hydrogen) atoms. The van der Waals surface area contributed by atoms with E-state index in [1.165, 1.54) is 25.7 Å². The minimum atomic E-state index is 0.202. The first kappa shape index (κ1) is 10.3. The summed E-state index contributed by atoms with van der Waals surface area (Å²) in [4.78, 5) is 14.4. The van der Waals surface area contributed by atoms with Gasteiger partial charge in [-0.25, -0.2) is 0 Å². The van der Waals surface area contributed by atoms with Crippen molar-refractivity contribution < 1.29 is 4.79 Å². The van der Waals surface area contributed by atoms with E-state index in [0.717, 1.165) is 13.0 Å². The zero-order valence-corrected chi connectivity index (χ0v) is 10.9. The van der Waals surface area contributed by atoms with Gasteiger partial charge in [0.1, 0.15) is 0 Å². The maximum Gasteiger partial charge on any atom is 0.237 e. The molecule has 1 amide bonds. The quantitative estimate of drug-likeness (QED) is 0.539. The second-order valence-electron chi connectivity index (χ2n) is 4.94. The van der Waals surface area contributed by atoms with E-state index in [1.54, 1.807) is 0 Å². The number of halogens is 1. The molecule has 2 saturated heterocycles. The van der Waals surface area contributed by atoms with Gasteiger partial charge in [0, 0.05) is 9.97 Å². The molecule has 3 fully saturated rings. The van der Waals surface area contributed by atoms with E-state index in [0.29, 0.717) is 16.0 Å². The van der Waals surface area contributed by atoms with Crippen molar-refractivity contribution in [2.24, 2.45) is 0 Å². The second-order valence-corrected chi connectivity index (χ2v) is 6.54. The number of hydrogen-bond acceptors (Lipinski definition) is 2. The molecule has 0 spiro atoms. The van der Waals surface area contributed by atoms with E-state index in [9.17, 15) is 4.79 Å². The molecule has 1 aliphatic carbocycles. The first-order valence-corrected chi connectivity index (χ1v) is 7.22. The Kier molecular flexibility index (Phi) is 2.67. The van der Waals surface area contributed by atoms with Crippen LogP contribution in [0, 0.1) is 0 Å². The van der Waals surface area contributed by atoms with Gasteiger partial charge in [0.25, 0.3) is 0 Å². The molecule has 0 aromatic heterocycles. The lowest BCUT2D eigenvalue weighted by Gasteiger charge is -2.47. The molecule has 0 aromatic carbocycles. The van der Waals surface area contributed by atoms with Gasteiger partial charge >= 0.3 is 0 Å². The summed E-state index contributed by atoms with van der Waals surface area (Å²) in [5.41, 5.74) is 0. The Labute approximate surface area is 104 Å². The Morgan fingerprint density at radius 2 is 2.13 bits per heavy atom. The predicted molar refractivity (Wildman–Crippen MR) is 67.1 cm³/mol. The average molecular weight is 320 g/mol. The van der Waals surface area contributed by atoms with E-state index in [-0.39, 0.29) is 11.9 Å². The first-order valence-electron chi connectivity index (χ1n) is 5.97. The maximum absolute atomic E-state index is 11.9. The molecule has 4 heteroatoms. The fourth-order valence-corrected chi connectivity index (χ4v) is 4.51. The highest BCUT2D eigenvalue weighted by atomic mass is 127.